The lowest BCUT2D eigenvalue weighted by molar-refractivity contribution is -0.147. The fourth-order valence-corrected chi connectivity index (χ4v) is 3.51. The number of piperidine rings is 1. The molecule has 1 heterocycles. The number of benzene rings is 2. The number of amides is 3. The summed E-state index contributed by atoms with van der Waals surface area (Å²) in [4.78, 5) is 27.0. The molecule has 2 N–H and O–H groups in total. The van der Waals surface area contributed by atoms with Crippen LogP contribution in [0.4, 0.5) is 10.5 Å². The smallest absolute Gasteiger partial charge is 0.319 e. The van der Waals surface area contributed by atoms with E-state index in [-0.39, 0.29) is 18.0 Å². The van der Waals surface area contributed by atoms with E-state index in [1.807, 2.05) is 65.6 Å². The second-order valence-corrected chi connectivity index (χ2v) is 7.32. The first kappa shape index (κ1) is 20.9. The number of anilines is 1. The Balaban J connectivity index is 1.50. The summed E-state index contributed by atoms with van der Waals surface area (Å²) in [7, 11) is 0. The van der Waals surface area contributed by atoms with Crippen LogP contribution in [0.25, 0.3) is 0 Å². The zero-order valence-corrected chi connectivity index (χ0v) is 16.8. The number of ether oxygens (including phenoxy) is 1. The maximum atomic E-state index is 12.9. The first-order valence-corrected chi connectivity index (χ1v) is 10.2. The van der Waals surface area contributed by atoms with E-state index in [9.17, 15) is 9.59 Å². The summed E-state index contributed by atoms with van der Waals surface area (Å²) in [6, 6.07) is 18.9. The average Bonchev–Trinajstić information content (AvgIpc) is 2.77. The minimum Gasteiger partial charge on any atom is -0.364 e. The van der Waals surface area contributed by atoms with Crippen LogP contribution in [0.15, 0.2) is 60.7 Å². The number of para-hydroxylation sites is 1. The highest BCUT2D eigenvalue weighted by atomic mass is 16.5. The van der Waals surface area contributed by atoms with Gasteiger partial charge in [-0.3, -0.25) is 4.79 Å². The molecule has 3 amide bonds. The van der Waals surface area contributed by atoms with Gasteiger partial charge in [-0.05, 0) is 43.9 Å². The van der Waals surface area contributed by atoms with Gasteiger partial charge in [-0.2, -0.15) is 0 Å². The quantitative estimate of drug-likeness (QED) is 0.749. The van der Waals surface area contributed by atoms with Crippen LogP contribution in [-0.4, -0.2) is 42.1 Å². The van der Waals surface area contributed by atoms with Crippen molar-refractivity contribution in [1.29, 1.82) is 0 Å². The maximum absolute atomic E-state index is 12.9. The Kier molecular flexibility index (Phi) is 7.64. The van der Waals surface area contributed by atoms with Gasteiger partial charge >= 0.3 is 6.03 Å². The highest BCUT2D eigenvalue weighted by molar-refractivity contribution is 5.89. The van der Waals surface area contributed by atoms with Gasteiger partial charge < -0.3 is 20.3 Å². The molecule has 29 heavy (non-hydrogen) atoms. The first-order chi connectivity index (χ1) is 14.1. The molecule has 3 rings (SSSR count). The highest BCUT2D eigenvalue weighted by Crippen LogP contribution is 2.19. The molecule has 1 fully saturated rings. The van der Waals surface area contributed by atoms with Gasteiger partial charge in [0, 0.05) is 24.8 Å². The van der Waals surface area contributed by atoms with Crippen molar-refractivity contribution in [2.75, 3.05) is 18.4 Å². The van der Waals surface area contributed by atoms with Gasteiger partial charge in [0.15, 0.2) is 0 Å². The molecule has 2 unspecified atom stereocenters. The van der Waals surface area contributed by atoms with E-state index in [1.165, 1.54) is 0 Å². The number of hydrogen-bond acceptors (Lipinski definition) is 3. The second kappa shape index (κ2) is 10.6. The van der Waals surface area contributed by atoms with Crippen molar-refractivity contribution in [1.82, 2.24) is 10.2 Å². The van der Waals surface area contributed by atoms with Gasteiger partial charge in [0.1, 0.15) is 6.10 Å². The lowest BCUT2D eigenvalue weighted by Crippen LogP contribution is -2.52. The van der Waals surface area contributed by atoms with Gasteiger partial charge in [-0.1, -0.05) is 48.5 Å². The van der Waals surface area contributed by atoms with Crippen molar-refractivity contribution >= 4 is 17.6 Å². The minimum atomic E-state index is -0.519. The highest BCUT2D eigenvalue weighted by Gasteiger charge is 2.30. The maximum Gasteiger partial charge on any atom is 0.319 e. The fraction of sp³-hybridized carbons (Fsp3) is 0.391. The van der Waals surface area contributed by atoms with Crippen molar-refractivity contribution in [3.8, 4) is 0 Å². The number of carbonyl (C=O) groups excluding carboxylic acids is 2. The molecule has 6 heteroatoms. The molecular weight excluding hydrogens is 366 g/mol. The minimum absolute atomic E-state index is 0.0134. The average molecular weight is 396 g/mol. The van der Waals surface area contributed by atoms with E-state index in [4.69, 9.17) is 4.74 Å². The van der Waals surface area contributed by atoms with E-state index < -0.39 is 6.10 Å². The van der Waals surface area contributed by atoms with Gasteiger partial charge in [-0.15, -0.1) is 0 Å². The Morgan fingerprint density at radius 3 is 2.48 bits per heavy atom. The number of nitrogens with one attached hydrogen (secondary N) is 2. The molecule has 1 saturated heterocycles. The predicted molar refractivity (Wildman–Crippen MR) is 114 cm³/mol. The number of nitrogens with zero attached hydrogens (tertiary/aromatic N) is 1. The second-order valence-electron chi connectivity index (χ2n) is 7.32. The van der Waals surface area contributed by atoms with Crippen LogP contribution in [-0.2, 0) is 16.1 Å². The Labute approximate surface area is 172 Å². The molecule has 2 aromatic rings. The molecule has 1 aliphatic rings. The Morgan fingerprint density at radius 2 is 1.76 bits per heavy atom. The molecule has 0 aliphatic carbocycles. The van der Waals surface area contributed by atoms with Crippen molar-refractivity contribution in [2.45, 2.75) is 44.9 Å². The van der Waals surface area contributed by atoms with Crippen LogP contribution in [0.3, 0.4) is 0 Å². The zero-order chi connectivity index (χ0) is 20.5. The van der Waals surface area contributed by atoms with Crippen LogP contribution in [0.5, 0.6) is 0 Å². The van der Waals surface area contributed by atoms with E-state index >= 15 is 0 Å². The SMILES string of the molecule is CC(OCc1ccccc1)C(=O)N1CCCCC1CNC(=O)Nc1ccccc1. The molecule has 2 aromatic carbocycles. The van der Waals surface area contributed by atoms with Crippen molar-refractivity contribution < 1.29 is 14.3 Å². The summed E-state index contributed by atoms with van der Waals surface area (Å²) in [6.45, 7) is 3.33. The van der Waals surface area contributed by atoms with Gasteiger partial charge in [0.2, 0.25) is 0 Å². The van der Waals surface area contributed by atoms with Crippen LogP contribution >= 0.6 is 0 Å². The normalized spacial score (nSPS) is 17.4. The van der Waals surface area contributed by atoms with E-state index in [0.717, 1.165) is 30.5 Å². The third-order valence-electron chi connectivity index (χ3n) is 5.13. The summed E-state index contributed by atoms with van der Waals surface area (Å²) < 4.78 is 5.81. The third kappa shape index (κ3) is 6.32. The number of carbonyl (C=O) groups is 2. The van der Waals surface area contributed by atoms with Crippen LogP contribution < -0.4 is 10.6 Å². The summed E-state index contributed by atoms with van der Waals surface area (Å²) in [6.07, 6.45) is 2.39. The zero-order valence-electron chi connectivity index (χ0n) is 16.8. The Morgan fingerprint density at radius 1 is 1.07 bits per heavy atom. The molecule has 0 aromatic heterocycles. The Bertz CT molecular complexity index is 782. The van der Waals surface area contributed by atoms with E-state index in [0.29, 0.717) is 19.7 Å². The molecule has 6 nitrogen and oxygen atoms in total. The number of hydrogen-bond donors (Lipinski definition) is 2. The number of urea groups is 1. The number of rotatable bonds is 7. The lowest BCUT2D eigenvalue weighted by atomic mass is 10.0. The molecule has 0 saturated carbocycles. The van der Waals surface area contributed by atoms with Crippen LogP contribution in [0, 0.1) is 0 Å². The number of likely N-dealkylation sites (tertiary alicyclic amines) is 1. The molecule has 154 valence electrons. The van der Waals surface area contributed by atoms with Gasteiger partial charge in [0.05, 0.1) is 6.61 Å². The molecular formula is C23H29N3O3. The lowest BCUT2D eigenvalue weighted by Gasteiger charge is -2.37. The first-order valence-electron chi connectivity index (χ1n) is 10.2. The van der Waals surface area contributed by atoms with Crippen molar-refractivity contribution in [2.24, 2.45) is 0 Å². The molecule has 0 spiro atoms. The van der Waals surface area contributed by atoms with Crippen molar-refractivity contribution in [3.05, 3.63) is 66.2 Å². The largest absolute Gasteiger partial charge is 0.364 e. The van der Waals surface area contributed by atoms with Gasteiger partial charge in [0.25, 0.3) is 5.91 Å². The predicted octanol–water partition coefficient (Wildman–Crippen LogP) is 3.79. The van der Waals surface area contributed by atoms with E-state index in [2.05, 4.69) is 10.6 Å². The van der Waals surface area contributed by atoms with Crippen LogP contribution in [0.2, 0.25) is 0 Å². The molecule has 0 bridgehead atoms. The van der Waals surface area contributed by atoms with E-state index in [1.54, 1.807) is 6.92 Å². The molecule has 1 aliphatic heterocycles. The third-order valence-corrected chi connectivity index (χ3v) is 5.13. The van der Waals surface area contributed by atoms with Crippen molar-refractivity contribution in [3.63, 3.8) is 0 Å². The topological polar surface area (TPSA) is 70.7 Å². The Hall–Kier alpha value is -2.86. The fourth-order valence-electron chi connectivity index (χ4n) is 3.51. The van der Waals surface area contributed by atoms with Crippen LogP contribution in [0.1, 0.15) is 31.7 Å². The summed E-state index contributed by atoms with van der Waals surface area (Å²) in [5.41, 5.74) is 1.78. The standard InChI is InChI=1S/C23H29N3O3/c1-18(29-17-19-10-4-2-5-11-19)22(27)26-15-9-8-14-21(26)16-24-23(28)25-20-12-6-3-7-13-20/h2-7,10-13,18,21H,8-9,14-17H2,1H3,(H2,24,25,28). The monoisotopic (exact) mass is 395 g/mol. The van der Waals surface area contributed by atoms with Gasteiger partial charge in [-0.25, -0.2) is 4.79 Å². The summed E-state index contributed by atoms with van der Waals surface area (Å²) in [5.74, 6) is -0.0177. The summed E-state index contributed by atoms with van der Waals surface area (Å²) >= 11 is 0. The molecule has 2 atom stereocenters. The summed E-state index contributed by atoms with van der Waals surface area (Å²) in [5, 5.41) is 5.71. The molecule has 0 radical (unpaired) electrons.